The summed E-state index contributed by atoms with van der Waals surface area (Å²) in [5, 5.41) is 10.1. The molecule has 2 aromatic rings. The number of rotatable bonds is 4. The van der Waals surface area contributed by atoms with E-state index < -0.39 is 0 Å². The number of aromatic nitrogens is 2. The van der Waals surface area contributed by atoms with Crippen molar-refractivity contribution in [1.29, 1.82) is 0 Å². The number of aryl methyl sites for hydroxylation is 2. The zero-order chi connectivity index (χ0) is 18.1. The lowest BCUT2D eigenvalue weighted by atomic mass is 9.96. The van der Waals surface area contributed by atoms with Crippen LogP contribution in [0, 0.1) is 13.8 Å². The first-order valence-corrected chi connectivity index (χ1v) is 9.52. The zero-order valence-electron chi connectivity index (χ0n) is 14.9. The van der Waals surface area contributed by atoms with Gasteiger partial charge in [-0.2, -0.15) is 0 Å². The Labute approximate surface area is 156 Å². The van der Waals surface area contributed by atoms with E-state index in [0.717, 1.165) is 42.5 Å². The molecule has 2 aliphatic heterocycles. The second kappa shape index (κ2) is 6.77. The monoisotopic (exact) mass is 371 g/mol. The molecule has 1 amide bonds. The maximum Gasteiger partial charge on any atom is 0.273 e. The van der Waals surface area contributed by atoms with Crippen molar-refractivity contribution in [1.82, 2.24) is 14.9 Å². The van der Waals surface area contributed by atoms with Crippen LogP contribution in [-0.4, -0.2) is 45.2 Å². The number of amides is 1. The van der Waals surface area contributed by atoms with Crippen molar-refractivity contribution in [3.63, 3.8) is 0 Å². The molecule has 4 heterocycles. The summed E-state index contributed by atoms with van der Waals surface area (Å²) < 4.78 is 0. The van der Waals surface area contributed by atoms with Crippen molar-refractivity contribution in [3.8, 4) is 0 Å². The number of nitrogens with one attached hydrogen (secondary N) is 1. The highest BCUT2D eigenvalue weighted by Crippen LogP contribution is 2.34. The van der Waals surface area contributed by atoms with E-state index >= 15 is 0 Å². The molecule has 0 aliphatic carbocycles. The topological polar surface area (TPSA) is 79.7 Å². The van der Waals surface area contributed by atoms with Crippen LogP contribution in [0.1, 0.15) is 29.2 Å². The molecule has 26 heavy (non-hydrogen) atoms. The molecule has 1 atom stereocenters. The van der Waals surface area contributed by atoms with Crippen molar-refractivity contribution < 1.29 is 9.63 Å². The maximum absolute atomic E-state index is 12.5. The normalized spacial score (nSPS) is 22.5. The van der Waals surface area contributed by atoms with Crippen LogP contribution in [-0.2, 0) is 16.2 Å². The first-order chi connectivity index (χ1) is 12.5. The van der Waals surface area contributed by atoms with Crippen molar-refractivity contribution in [2.45, 2.75) is 38.8 Å². The first kappa shape index (κ1) is 17.1. The minimum Gasteiger partial charge on any atom is -0.387 e. The van der Waals surface area contributed by atoms with Crippen LogP contribution in [0.3, 0.4) is 0 Å². The van der Waals surface area contributed by atoms with Crippen LogP contribution in [0.4, 0.5) is 5.69 Å². The molecule has 1 spiro atoms. The third-order valence-electron chi connectivity index (χ3n) is 4.80. The molecular formula is C18H21N5O2S. The number of pyridine rings is 1. The molecule has 1 fully saturated rings. The van der Waals surface area contributed by atoms with Gasteiger partial charge in [-0.3, -0.25) is 14.7 Å². The van der Waals surface area contributed by atoms with Gasteiger partial charge in [-0.05, 0) is 26.0 Å². The van der Waals surface area contributed by atoms with Gasteiger partial charge in [0.1, 0.15) is 5.71 Å². The van der Waals surface area contributed by atoms with Gasteiger partial charge < -0.3 is 10.2 Å². The Bertz CT molecular complexity index is 865. The molecule has 0 bridgehead atoms. The number of thiazole rings is 1. The van der Waals surface area contributed by atoms with Crippen LogP contribution in [0.5, 0.6) is 0 Å². The van der Waals surface area contributed by atoms with Gasteiger partial charge in [0.2, 0.25) is 0 Å². The summed E-state index contributed by atoms with van der Waals surface area (Å²) in [4.78, 5) is 29.3. The van der Waals surface area contributed by atoms with Crippen molar-refractivity contribution >= 4 is 28.6 Å². The Kier molecular flexibility index (Phi) is 4.46. The van der Waals surface area contributed by atoms with Crippen molar-refractivity contribution in [2.75, 3.05) is 18.4 Å². The predicted octanol–water partition coefficient (Wildman–Crippen LogP) is 2.51. The number of likely N-dealkylation sites (tertiary alicyclic amines) is 1. The summed E-state index contributed by atoms with van der Waals surface area (Å²) in [6, 6.07) is 3.63. The van der Waals surface area contributed by atoms with Gasteiger partial charge in [0.25, 0.3) is 5.91 Å². The summed E-state index contributed by atoms with van der Waals surface area (Å²) in [6.07, 6.45) is 3.10. The summed E-state index contributed by atoms with van der Waals surface area (Å²) in [5.74, 6) is -0.216. The van der Waals surface area contributed by atoms with Crippen LogP contribution in [0.2, 0.25) is 0 Å². The highest BCUT2D eigenvalue weighted by atomic mass is 32.1. The highest BCUT2D eigenvalue weighted by molar-refractivity contribution is 7.09. The standard InChI is InChI=1S/C18H21N5O2S/c1-12-15(4-3-6-19-12)21-17(24)16-8-18(25-22-16)5-7-23(11-18)9-14-10-26-13(2)20-14/h3-4,6,10H,5,7-9,11H2,1-2H3,(H,21,24)/t18-/m1/s1. The van der Waals surface area contributed by atoms with Crippen LogP contribution in [0.15, 0.2) is 28.9 Å². The van der Waals surface area contributed by atoms with Gasteiger partial charge in [0.05, 0.1) is 22.1 Å². The summed E-state index contributed by atoms with van der Waals surface area (Å²) in [6.45, 7) is 6.37. The molecule has 0 saturated carbocycles. The Balaban J connectivity index is 1.35. The van der Waals surface area contributed by atoms with Crippen LogP contribution >= 0.6 is 11.3 Å². The Morgan fingerprint density at radius 3 is 3.12 bits per heavy atom. The van der Waals surface area contributed by atoms with E-state index in [4.69, 9.17) is 4.84 Å². The average molecular weight is 371 g/mol. The molecule has 2 aromatic heterocycles. The van der Waals surface area contributed by atoms with E-state index in [1.807, 2.05) is 19.9 Å². The van der Waals surface area contributed by atoms with Crippen molar-refractivity contribution in [2.24, 2.45) is 5.16 Å². The van der Waals surface area contributed by atoms with Crippen LogP contribution in [0.25, 0.3) is 0 Å². The Hall–Kier alpha value is -2.32. The highest BCUT2D eigenvalue weighted by Gasteiger charge is 2.46. The van der Waals surface area contributed by atoms with E-state index in [0.29, 0.717) is 17.8 Å². The maximum atomic E-state index is 12.5. The molecule has 136 valence electrons. The average Bonchev–Trinajstić information content (AvgIpc) is 3.32. The number of nitrogens with zero attached hydrogens (tertiary/aromatic N) is 4. The van der Waals surface area contributed by atoms with E-state index in [1.165, 1.54) is 0 Å². The fourth-order valence-electron chi connectivity index (χ4n) is 3.45. The summed E-state index contributed by atoms with van der Waals surface area (Å²) in [5.41, 5.74) is 2.63. The molecule has 0 aromatic carbocycles. The molecule has 1 N–H and O–H groups in total. The first-order valence-electron chi connectivity index (χ1n) is 8.64. The number of oxime groups is 1. The van der Waals surface area contributed by atoms with Gasteiger partial charge in [-0.1, -0.05) is 5.16 Å². The number of carbonyl (C=O) groups excluding carboxylic acids is 1. The number of hydrogen-bond acceptors (Lipinski definition) is 7. The molecular weight excluding hydrogens is 350 g/mol. The lowest BCUT2D eigenvalue weighted by Gasteiger charge is -2.21. The number of hydrogen-bond donors (Lipinski definition) is 1. The third-order valence-corrected chi connectivity index (χ3v) is 5.63. The zero-order valence-corrected chi connectivity index (χ0v) is 15.7. The molecule has 8 heteroatoms. The SMILES string of the molecule is Cc1nc(CN2CC[C@@]3(CC(C(=O)Nc4cccnc4C)=NO3)C2)cs1. The van der Waals surface area contributed by atoms with E-state index in [1.54, 1.807) is 23.6 Å². The van der Waals surface area contributed by atoms with E-state index in [-0.39, 0.29) is 11.5 Å². The lowest BCUT2D eigenvalue weighted by molar-refractivity contribution is -0.110. The van der Waals surface area contributed by atoms with Gasteiger partial charge in [0, 0.05) is 44.1 Å². The second-order valence-corrected chi connectivity index (χ2v) is 7.96. The van der Waals surface area contributed by atoms with E-state index in [9.17, 15) is 4.79 Å². The molecule has 0 unspecified atom stereocenters. The van der Waals surface area contributed by atoms with Gasteiger partial charge in [-0.15, -0.1) is 11.3 Å². The van der Waals surface area contributed by atoms with Crippen molar-refractivity contribution in [3.05, 3.63) is 40.1 Å². The molecule has 7 nitrogen and oxygen atoms in total. The smallest absolute Gasteiger partial charge is 0.273 e. The Morgan fingerprint density at radius 2 is 2.35 bits per heavy atom. The molecule has 1 saturated heterocycles. The minimum absolute atomic E-state index is 0.216. The fourth-order valence-corrected chi connectivity index (χ4v) is 4.05. The summed E-state index contributed by atoms with van der Waals surface area (Å²) in [7, 11) is 0. The second-order valence-electron chi connectivity index (χ2n) is 6.90. The van der Waals surface area contributed by atoms with Crippen LogP contribution < -0.4 is 5.32 Å². The number of carbonyl (C=O) groups is 1. The lowest BCUT2D eigenvalue weighted by Crippen LogP contribution is -2.35. The Morgan fingerprint density at radius 1 is 1.46 bits per heavy atom. The van der Waals surface area contributed by atoms with Gasteiger partial charge >= 0.3 is 0 Å². The molecule has 4 rings (SSSR count). The fraction of sp³-hybridized carbons (Fsp3) is 0.444. The molecule has 0 radical (unpaired) electrons. The van der Waals surface area contributed by atoms with Gasteiger partial charge in [-0.25, -0.2) is 4.98 Å². The third kappa shape index (κ3) is 3.47. The predicted molar refractivity (Wildman–Crippen MR) is 100 cm³/mol. The number of anilines is 1. The summed E-state index contributed by atoms with van der Waals surface area (Å²) >= 11 is 1.67. The van der Waals surface area contributed by atoms with E-state index in [2.05, 4.69) is 30.7 Å². The van der Waals surface area contributed by atoms with Gasteiger partial charge in [0.15, 0.2) is 5.60 Å². The quantitative estimate of drug-likeness (QED) is 0.893. The minimum atomic E-state index is -0.387. The molecule has 2 aliphatic rings. The largest absolute Gasteiger partial charge is 0.387 e.